The molecule has 5 heteroatoms. The van der Waals surface area contributed by atoms with E-state index < -0.39 is 5.97 Å². The minimum atomic E-state index is -0.946. The van der Waals surface area contributed by atoms with E-state index in [1.807, 2.05) is 36.5 Å². The van der Waals surface area contributed by atoms with Crippen molar-refractivity contribution in [2.75, 3.05) is 13.1 Å². The maximum absolute atomic E-state index is 11.4. The van der Waals surface area contributed by atoms with Gasteiger partial charge in [0.05, 0.1) is 12.1 Å². The lowest BCUT2D eigenvalue weighted by molar-refractivity contribution is 0.0697. The molecule has 5 nitrogen and oxygen atoms in total. The molecule has 0 saturated carbocycles. The van der Waals surface area contributed by atoms with Crippen LogP contribution in [-0.4, -0.2) is 34.0 Å². The minimum Gasteiger partial charge on any atom is -0.478 e. The lowest BCUT2D eigenvalue weighted by atomic mass is 9.94. The second kappa shape index (κ2) is 7.76. The Morgan fingerprint density at radius 3 is 2.81 bits per heavy atom. The second-order valence-electron chi connectivity index (χ2n) is 6.95. The summed E-state index contributed by atoms with van der Waals surface area (Å²) < 4.78 is 5.98. The Kier molecular flexibility index (Phi) is 5.03. The normalized spacial score (nSPS) is 17.7. The van der Waals surface area contributed by atoms with Crippen molar-refractivity contribution in [1.82, 2.24) is 9.88 Å². The van der Waals surface area contributed by atoms with Gasteiger partial charge in [0.25, 0.3) is 0 Å². The van der Waals surface area contributed by atoms with Crippen LogP contribution in [0.25, 0.3) is 11.3 Å². The first-order valence-corrected chi connectivity index (χ1v) is 9.25. The number of likely N-dealkylation sites (tertiary alicyclic amines) is 1. The standard InChI is InChI=1S/C22H22N2O3/c25-22(26)19-8-2-1-7-18(19)21-11-10-17(27-21)15-24-13-5-6-16(14-24)20-9-3-4-12-23-20/h1-4,7-12,16H,5-6,13-15H2,(H,25,26)/t16-/m0/s1. The summed E-state index contributed by atoms with van der Waals surface area (Å²) >= 11 is 0. The highest BCUT2D eigenvalue weighted by atomic mass is 16.4. The van der Waals surface area contributed by atoms with Gasteiger partial charge in [0, 0.05) is 29.9 Å². The molecule has 2 aromatic heterocycles. The van der Waals surface area contributed by atoms with Crippen LogP contribution in [0.4, 0.5) is 0 Å². The van der Waals surface area contributed by atoms with Crippen molar-refractivity contribution in [2.24, 2.45) is 0 Å². The molecule has 3 aromatic rings. The average molecular weight is 362 g/mol. The molecular weight excluding hydrogens is 340 g/mol. The minimum absolute atomic E-state index is 0.256. The zero-order chi connectivity index (χ0) is 18.6. The number of benzene rings is 1. The molecule has 0 bridgehead atoms. The predicted octanol–water partition coefficient (Wildman–Crippen LogP) is 4.42. The SMILES string of the molecule is O=C(O)c1ccccc1-c1ccc(CN2CCC[C@H](c3ccccn3)C2)o1. The Morgan fingerprint density at radius 1 is 1.15 bits per heavy atom. The summed E-state index contributed by atoms with van der Waals surface area (Å²) in [7, 11) is 0. The van der Waals surface area contributed by atoms with Gasteiger partial charge in [0.15, 0.2) is 0 Å². The summed E-state index contributed by atoms with van der Waals surface area (Å²) in [5, 5.41) is 9.38. The fraction of sp³-hybridized carbons (Fsp3) is 0.273. The van der Waals surface area contributed by atoms with Crippen LogP contribution < -0.4 is 0 Å². The quantitative estimate of drug-likeness (QED) is 0.728. The van der Waals surface area contributed by atoms with Crippen molar-refractivity contribution in [2.45, 2.75) is 25.3 Å². The fourth-order valence-electron chi connectivity index (χ4n) is 3.77. The van der Waals surface area contributed by atoms with E-state index in [1.54, 1.807) is 18.2 Å². The highest BCUT2D eigenvalue weighted by molar-refractivity contribution is 5.95. The number of carboxylic acid groups (broad SMARTS) is 1. The van der Waals surface area contributed by atoms with Crippen molar-refractivity contribution in [1.29, 1.82) is 0 Å². The first-order valence-electron chi connectivity index (χ1n) is 9.25. The lowest BCUT2D eigenvalue weighted by Gasteiger charge is -2.31. The van der Waals surface area contributed by atoms with E-state index in [-0.39, 0.29) is 5.56 Å². The van der Waals surface area contributed by atoms with Crippen LogP contribution in [0.15, 0.2) is 65.2 Å². The molecule has 1 atom stereocenters. The van der Waals surface area contributed by atoms with Gasteiger partial charge in [-0.15, -0.1) is 0 Å². The highest BCUT2D eigenvalue weighted by Gasteiger charge is 2.23. The number of furan rings is 1. The van der Waals surface area contributed by atoms with Gasteiger partial charge in [0.1, 0.15) is 11.5 Å². The summed E-state index contributed by atoms with van der Waals surface area (Å²) in [6.07, 6.45) is 4.15. The molecule has 138 valence electrons. The van der Waals surface area contributed by atoms with Crippen LogP contribution >= 0.6 is 0 Å². The summed E-state index contributed by atoms with van der Waals surface area (Å²) in [5.74, 6) is 0.952. The number of aromatic nitrogens is 1. The Morgan fingerprint density at radius 2 is 2.00 bits per heavy atom. The van der Waals surface area contributed by atoms with Crippen molar-refractivity contribution in [3.05, 3.63) is 77.8 Å². The Labute approximate surface area is 158 Å². The van der Waals surface area contributed by atoms with Gasteiger partial charge in [-0.2, -0.15) is 0 Å². The van der Waals surface area contributed by atoms with Crippen LogP contribution in [0.5, 0.6) is 0 Å². The molecule has 0 aliphatic carbocycles. The molecule has 1 fully saturated rings. The van der Waals surface area contributed by atoms with E-state index in [1.165, 1.54) is 0 Å². The Hall–Kier alpha value is -2.92. The van der Waals surface area contributed by atoms with Crippen molar-refractivity contribution >= 4 is 5.97 Å². The summed E-state index contributed by atoms with van der Waals surface area (Å²) in [6, 6.07) is 16.8. The average Bonchev–Trinajstić information content (AvgIpc) is 3.17. The Balaban J connectivity index is 1.48. The van der Waals surface area contributed by atoms with Crippen LogP contribution in [0.3, 0.4) is 0 Å². The summed E-state index contributed by atoms with van der Waals surface area (Å²) in [4.78, 5) is 18.3. The van der Waals surface area contributed by atoms with Gasteiger partial charge in [-0.25, -0.2) is 4.79 Å². The van der Waals surface area contributed by atoms with Crippen LogP contribution in [-0.2, 0) is 6.54 Å². The lowest BCUT2D eigenvalue weighted by Crippen LogP contribution is -2.34. The molecule has 27 heavy (non-hydrogen) atoms. The van der Waals surface area contributed by atoms with E-state index in [4.69, 9.17) is 4.42 Å². The van der Waals surface area contributed by atoms with Crippen LogP contribution in [0.2, 0.25) is 0 Å². The van der Waals surface area contributed by atoms with E-state index in [2.05, 4.69) is 16.0 Å². The van der Waals surface area contributed by atoms with Crippen molar-refractivity contribution in [3.63, 3.8) is 0 Å². The van der Waals surface area contributed by atoms with Gasteiger partial charge < -0.3 is 9.52 Å². The summed E-state index contributed by atoms with van der Waals surface area (Å²) in [6.45, 7) is 2.71. The smallest absolute Gasteiger partial charge is 0.336 e. The molecule has 0 unspecified atom stereocenters. The van der Waals surface area contributed by atoms with Crippen molar-refractivity contribution < 1.29 is 14.3 Å². The monoisotopic (exact) mass is 362 g/mol. The van der Waals surface area contributed by atoms with Gasteiger partial charge >= 0.3 is 5.97 Å². The largest absolute Gasteiger partial charge is 0.478 e. The number of nitrogens with zero attached hydrogens (tertiary/aromatic N) is 2. The molecule has 1 aliphatic heterocycles. The first kappa shape index (κ1) is 17.5. The van der Waals surface area contributed by atoms with Gasteiger partial charge in [0.2, 0.25) is 0 Å². The number of hydrogen-bond donors (Lipinski definition) is 1. The predicted molar refractivity (Wildman–Crippen MR) is 103 cm³/mol. The number of aromatic carboxylic acids is 1. The third kappa shape index (κ3) is 3.93. The highest BCUT2D eigenvalue weighted by Crippen LogP contribution is 2.29. The maximum atomic E-state index is 11.4. The number of hydrogen-bond acceptors (Lipinski definition) is 4. The molecule has 0 radical (unpaired) electrons. The van der Waals surface area contributed by atoms with E-state index in [0.717, 1.165) is 43.9 Å². The van der Waals surface area contributed by atoms with Crippen LogP contribution in [0.1, 0.15) is 40.6 Å². The number of rotatable bonds is 5. The van der Waals surface area contributed by atoms with Gasteiger partial charge in [-0.3, -0.25) is 9.88 Å². The van der Waals surface area contributed by atoms with Crippen molar-refractivity contribution in [3.8, 4) is 11.3 Å². The molecule has 3 heterocycles. The number of piperidine rings is 1. The Bertz CT molecular complexity index is 920. The number of pyridine rings is 1. The zero-order valence-electron chi connectivity index (χ0n) is 15.0. The molecule has 0 spiro atoms. The van der Waals surface area contributed by atoms with E-state index in [0.29, 0.717) is 17.2 Å². The summed E-state index contributed by atoms with van der Waals surface area (Å²) in [5.41, 5.74) is 2.02. The fourth-order valence-corrected chi connectivity index (χ4v) is 3.77. The number of carbonyl (C=O) groups is 1. The molecule has 1 saturated heterocycles. The van der Waals surface area contributed by atoms with E-state index >= 15 is 0 Å². The second-order valence-corrected chi connectivity index (χ2v) is 6.95. The van der Waals surface area contributed by atoms with Gasteiger partial charge in [-0.1, -0.05) is 24.3 Å². The zero-order valence-corrected chi connectivity index (χ0v) is 15.0. The molecular formula is C22H22N2O3. The van der Waals surface area contributed by atoms with Gasteiger partial charge in [-0.05, 0) is 49.7 Å². The topological polar surface area (TPSA) is 66.6 Å². The maximum Gasteiger partial charge on any atom is 0.336 e. The molecule has 1 N–H and O–H groups in total. The first-order chi connectivity index (χ1) is 13.2. The van der Waals surface area contributed by atoms with Crippen LogP contribution in [0, 0.1) is 0 Å². The van der Waals surface area contributed by atoms with E-state index in [9.17, 15) is 9.90 Å². The molecule has 4 rings (SSSR count). The molecule has 1 aromatic carbocycles. The third-order valence-corrected chi connectivity index (χ3v) is 5.08. The third-order valence-electron chi connectivity index (χ3n) is 5.08. The molecule has 1 aliphatic rings. The number of carboxylic acids is 1. The molecule has 0 amide bonds.